The van der Waals surface area contributed by atoms with Gasteiger partial charge in [-0.25, -0.2) is 50.5 Å². The van der Waals surface area contributed by atoms with Gasteiger partial charge >= 0.3 is 91.4 Å². The molecule has 0 saturated heterocycles. The van der Waals surface area contributed by atoms with Gasteiger partial charge in [0.1, 0.15) is 0 Å². The van der Waals surface area contributed by atoms with Crippen molar-refractivity contribution in [2.75, 3.05) is 37.1 Å². The van der Waals surface area contributed by atoms with Crippen molar-refractivity contribution in [3.05, 3.63) is 12.4 Å². The van der Waals surface area contributed by atoms with Gasteiger partial charge in [-0.15, -0.1) is 3.89 Å². The molecular weight excluding hydrogens is 1040 g/mol. The Kier molecular flexibility index (Phi) is 37.4. The standard InChI is InChI=1S/C10H15F5NO6S2.C9H15F3NO6S2.C8H15FNO6S2.3Li/c1-3-7(2)8(17)22-5-4-6-23(18,19)16-24(20,21)10(14,15)9(11,12)13;1-3-7(2)8(14)19-5-4-6-20(15,16)13-21(17,18)9(10,11)12;1-3-7(2)8(11)16-5-4-6-17(12,13)10-18(9,14)15;;;/h7H,3-6H2,1-2H3;7H,3-6H2,1-2H3;7H,3-6H2,1-2H3;;;/q3*-1;3*+1. The molecule has 0 amide bonds. The van der Waals surface area contributed by atoms with Crippen molar-refractivity contribution in [3.63, 3.8) is 0 Å². The summed E-state index contributed by atoms with van der Waals surface area (Å²) >= 11 is 0. The molecule has 21 nitrogen and oxygen atoms in total. The van der Waals surface area contributed by atoms with Gasteiger partial charge in [0.15, 0.2) is 20.0 Å². The molecule has 0 aromatic heterocycles. The van der Waals surface area contributed by atoms with Crippen molar-refractivity contribution in [3.8, 4) is 0 Å². The van der Waals surface area contributed by atoms with Gasteiger partial charge in [0, 0.05) is 17.3 Å². The number of alkyl halides is 8. The van der Waals surface area contributed by atoms with Gasteiger partial charge in [-0.05, 0) is 38.5 Å². The first-order valence-electron chi connectivity index (χ1n) is 17.3. The summed E-state index contributed by atoms with van der Waals surface area (Å²) in [6.07, 6.45) is -6.01. The van der Waals surface area contributed by atoms with Crippen molar-refractivity contribution in [1.82, 2.24) is 0 Å². The minimum atomic E-state index is -6.68. The molecule has 0 aromatic carbocycles. The van der Waals surface area contributed by atoms with E-state index in [4.69, 9.17) is 4.74 Å². The first-order valence-corrected chi connectivity index (χ1v) is 26.4. The van der Waals surface area contributed by atoms with Crippen LogP contribution in [0.15, 0.2) is 0 Å². The number of rotatable bonds is 25. The Morgan fingerprint density at radius 1 is 0.470 bits per heavy atom. The first kappa shape index (κ1) is 76.6. The minimum absolute atomic E-state index is 0. The largest absolute Gasteiger partial charge is 1.00 e. The SMILES string of the molecule is CCC(C)C(=O)OCCCS(=O)(=O)[N-]S(=O)(=O)C(F)(F)C(F)(F)F.CCC(C)C(=O)OCCCS(=O)(=O)[N-]S(=O)(=O)C(F)(F)F.CCC(C)C(=O)OCCCS(=O)(=O)[N-]S(=O)(=O)F.[Li+].[Li+].[Li+]. The summed E-state index contributed by atoms with van der Waals surface area (Å²) in [6, 6.07) is 0. The first-order chi connectivity index (χ1) is 28.0. The molecule has 3 atom stereocenters. The molecule has 0 aliphatic rings. The van der Waals surface area contributed by atoms with Gasteiger partial charge in [0.2, 0.25) is 10.4 Å². The number of hydrogen-bond donors (Lipinski definition) is 0. The summed E-state index contributed by atoms with van der Waals surface area (Å²) < 4.78 is 259. The maximum Gasteiger partial charge on any atom is 1.00 e. The molecule has 0 N–H and O–H groups in total. The third-order valence-electron chi connectivity index (χ3n) is 6.99. The van der Waals surface area contributed by atoms with Crippen LogP contribution < -0.4 is 56.6 Å². The van der Waals surface area contributed by atoms with Crippen LogP contribution in [-0.4, -0.2) is 122 Å². The topological polar surface area (TPSA) is 326 Å². The van der Waals surface area contributed by atoms with Crippen LogP contribution in [0.2, 0.25) is 0 Å². The molecule has 3 unspecified atom stereocenters. The third kappa shape index (κ3) is 32.9. The summed E-state index contributed by atoms with van der Waals surface area (Å²) in [6.45, 7) is 8.94. The van der Waals surface area contributed by atoms with E-state index in [-0.39, 0.29) is 88.6 Å². The van der Waals surface area contributed by atoms with E-state index in [2.05, 4.69) is 9.47 Å². The van der Waals surface area contributed by atoms with Crippen molar-refractivity contribution in [2.24, 2.45) is 17.8 Å². The van der Waals surface area contributed by atoms with Crippen LogP contribution in [0.3, 0.4) is 0 Å². The summed E-state index contributed by atoms with van der Waals surface area (Å²) in [4.78, 5) is 33.6. The van der Waals surface area contributed by atoms with E-state index >= 15 is 0 Å². The van der Waals surface area contributed by atoms with Crippen LogP contribution in [0, 0.1) is 17.8 Å². The predicted octanol–water partition coefficient (Wildman–Crippen LogP) is -4.43. The zero-order valence-corrected chi connectivity index (χ0v) is 41.7. The van der Waals surface area contributed by atoms with Crippen LogP contribution in [0.25, 0.3) is 12.4 Å². The Morgan fingerprint density at radius 3 is 0.924 bits per heavy atom. The molecule has 66 heavy (non-hydrogen) atoms. The fraction of sp³-hybridized carbons (Fsp3) is 0.889. The Hall–Kier alpha value is -0.848. The second kappa shape index (κ2) is 32.2. The Bertz CT molecular complexity index is 2170. The average Bonchev–Trinajstić information content (AvgIpc) is 3.09. The number of halogens is 9. The van der Waals surface area contributed by atoms with Gasteiger partial charge in [-0.2, -0.15) is 35.1 Å². The van der Waals surface area contributed by atoms with Crippen LogP contribution in [0.4, 0.5) is 39.0 Å². The van der Waals surface area contributed by atoms with Crippen LogP contribution in [-0.2, 0) is 89.1 Å². The van der Waals surface area contributed by atoms with Gasteiger partial charge in [-0.3, -0.25) is 14.4 Å². The summed E-state index contributed by atoms with van der Waals surface area (Å²) in [5.41, 5.74) is -5.77. The van der Waals surface area contributed by atoms with Crippen LogP contribution in [0.1, 0.15) is 80.1 Å². The average molecular weight is 1080 g/mol. The molecule has 0 bridgehead atoms. The normalized spacial score (nSPS) is 14.0. The fourth-order valence-electron chi connectivity index (χ4n) is 2.95. The molecule has 0 spiro atoms. The second-order valence-corrected chi connectivity index (χ2v) is 22.6. The smallest absolute Gasteiger partial charge is 0.465 e. The Balaban J connectivity index is -0.000000202. The molecule has 378 valence electrons. The maximum absolute atomic E-state index is 12.7. The van der Waals surface area contributed by atoms with Crippen LogP contribution >= 0.6 is 0 Å². The van der Waals surface area contributed by atoms with Gasteiger partial charge in [0.05, 0.1) is 67.6 Å². The van der Waals surface area contributed by atoms with E-state index in [1.54, 1.807) is 38.7 Å². The van der Waals surface area contributed by atoms with E-state index in [0.717, 1.165) is 0 Å². The van der Waals surface area contributed by atoms with Crippen molar-refractivity contribution in [1.29, 1.82) is 0 Å². The van der Waals surface area contributed by atoms with E-state index < -0.39 is 137 Å². The Labute approximate surface area is 414 Å². The minimum Gasteiger partial charge on any atom is -0.465 e. The quantitative estimate of drug-likeness (QED) is 0.0208. The molecule has 0 saturated carbocycles. The fourth-order valence-corrected chi connectivity index (χ4v) is 9.78. The molecule has 0 fully saturated rings. The molecule has 0 aliphatic heterocycles. The molecule has 39 heteroatoms. The number of sulfonamides is 5. The zero-order chi connectivity index (χ0) is 50.7. The van der Waals surface area contributed by atoms with Crippen LogP contribution in [0.5, 0.6) is 0 Å². The molecular formula is C27H45F9Li3N3O18S6. The predicted molar refractivity (Wildman–Crippen MR) is 201 cm³/mol. The molecule has 0 heterocycles. The number of ether oxygens (including phenoxy) is 3. The van der Waals surface area contributed by atoms with E-state index in [1.807, 2.05) is 8.25 Å². The molecule has 0 aliphatic carbocycles. The summed E-state index contributed by atoms with van der Waals surface area (Å²) in [7, 11) is -32.5. The summed E-state index contributed by atoms with van der Waals surface area (Å²) in [5, 5.41) is -6.34. The molecule has 0 aromatic rings. The number of hydrogen-bond acceptors (Lipinski definition) is 18. The van der Waals surface area contributed by atoms with E-state index in [9.17, 15) is 104 Å². The number of nitrogens with zero attached hydrogens (tertiary/aromatic N) is 3. The van der Waals surface area contributed by atoms with Crippen molar-refractivity contribution >= 4 is 78.4 Å². The van der Waals surface area contributed by atoms with Gasteiger partial charge in [0.25, 0.3) is 0 Å². The molecule has 0 rings (SSSR count). The monoisotopic (exact) mass is 1080 g/mol. The van der Waals surface area contributed by atoms with E-state index in [1.165, 1.54) is 6.92 Å². The Morgan fingerprint density at radius 2 is 0.712 bits per heavy atom. The van der Waals surface area contributed by atoms with Crippen molar-refractivity contribution < 1.29 is 175 Å². The zero-order valence-electron chi connectivity index (χ0n) is 36.8. The van der Waals surface area contributed by atoms with E-state index in [0.29, 0.717) is 19.3 Å². The van der Waals surface area contributed by atoms with Gasteiger partial charge in [-0.1, -0.05) is 41.5 Å². The van der Waals surface area contributed by atoms with Gasteiger partial charge < -0.3 is 26.6 Å². The number of carbonyl (C=O) groups is 3. The molecule has 0 radical (unpaired) electrons. The van der Waals surface area contributed by atoms with Crippen molar-refractivity contribution in [2.45, 2.75) is 97.0 Å². The number of carbonyl (C=O) groups excluding carboxylic acids is 3. The summed E-state index contributed by atoms with van der Waals surface area (Å²) in [5.74, 6) is -5.73. The number of esters is 3. The second-order valence-electron chi connectivity index (χ2n) is 12.4. The maximum atomic E-state index is 12.7. The third-order valence-corrected chi connectivity index (χ3v) is 15.9.